The molecule has 3 heteroatoms. The fraction of sp³-hybridized carbons (Fsp3) is 1.00. The first-order valence-corrected chi connectivity index (χ1v) is 4.03. The van der Waals surface area contributed by atoms with Crippen LogP contribution >= 0.6 is 0 Å². The third kappa shape index (κ3) is 2.77. The molecule has 0 radical (unpaired) electrons. The highest BCUT2D eigenvalue weighted by atomic mass is 16.3. The number of rotatable bonds is 5. The molecule has 0 aromatic rings. The van der Waals surface area contributed by atoms with Crippen LogP contribution in [0.5, 0.6) is 0 Å². The Balaban J connectivity index is 4.00. The van der Waals surface area contributed by atoms with Crippen LogP contribution in [-0.4, -0.2) is 47.5 Å². The van der Waals surface area contributed by atoms with Gasteiger partial charge in [-0.1, -0.05) is 6.92 Å². The topological polar surface area (TPSA) is 43.7 Å². The van der Waals surface area contributed by atoms with Crippen molar-refractivity contribution in [1.82, 2.24) is 4.90 Å². The zero-order valence-corrected chi connectivity index (χ0v) is 7.67. The van der Waals surface area contributed by atoms with E-state index in [0.29, 0.717) is 0 Å². The third-order valence-electron chi connectivity index (χ3n) is 2.16. The van der Waals surface area contributed by atoms with Crippen LogP contribution in [0.15, 0.2) is 0 Å². The predicted octanol–water partition coefficient (Wildman–Crippen LogP) is 0.0715. The van der Waals surface area contributed by atoms with Crippen molar-refractivity contribution in [1.29, 1.82) is 0 Å². The third-order valence-corrected chi connectivity index (χ3v) is 2.16. The van der Waals surface area contributed by atoms with Crippen LogP contribution in [0.4, 0.5) is 0 Å². The zero-order valence-electron chi connectivity index (χ0n) is 7.67. The van der Waals surface area contributed by atoms with Crippen molar-refractivity contribution in [3.05, 3.63) is 0 Å². The van der Waals surface area contributed by atoms with Crippen LogP contribution in [0, 0.1) is 0 Å². The number of likely N-dealkylation sites (N-methyl/N-ethyl adjacent to an activating group) is 1. The summed E-state index contributed by atoms with van der Waals surface area (Å²) >= 11 is 0. The molecule has 0 saturated carbocycles. The molecule has 0 fully saturated rings. The summed E-state index contributed by atoms with van der Waals surface area (Å²) in [5.41, 5.74) is -0.462. The minimum absolute atomic E-state index is 0. The molecule has 11 heavy (non-hydrogen) atoms. The monoisotopic (exact) mass is 161 g/mol. The van der Waals surface area contributed by atoms with Gasteiger partial charge in [-0.25, -0.2) is 0 Å². The first-order chi connectivity index (χ1) is 5.10. The van der Waals surface area contributed by atoms with Crippen LogP contribution in [0.2, 0.25) is 0 Å². The summed E-state index contributed by atoms with van der Waals surface area (Å²) in [5, 5.41) is 18.0. The minimum Gasteiger partial charge on any atom is -0.394 e. The van der Waals surface area contributed by atoms with Gasteiger partial charge in [-0.2, -0.15) is 0 Å². The molecule has 68 valence electrons. The summed E-state index contributed by atoms with van der Waals surface area (Å²) in [6, 6.07) is 0. The molecule has 0 bridgehead atoms. The normalized spacial score (nSPS) is 12.5. The Hall–Kier alpha value is -0.120. The first kappa shape index (κ1) is 10.9. The van der Waals surface area contributed by atoms with E-state index in [4.69, 9.17) is 10.2 Å². The van der Waals surface area contributed by atoms with Crippen molar-refractivity contribution in [2.75, 3.05) is 26.8 Å². The maximum atomic E-state index is 8.98. The molecule has 0 aromatic heterocycles. The fourth-order valence-corrected chi connectivity index (χ4v) is 0.897. The molecule has 0 aliphatic carbocycles. The van der Waals surface area contributed by atoms with Gasteiger partial charge in [0.15, 0.2) is 0 Å². The lowest BCUT2D eigenvalue weighted by molar-refractivity contribution is 0.0156. The second-order valence-corrected chi connectivity index (χ2v) is 3.23. The van der Waals surface area contributed by atoms with Gasteiger partial charge in [0.05, 0.1) is 18.8 Å². The van der Waals surface area contributed by atoms with E-state index in [0.717, 1.165) is 13.0 Å². The number of hydrogen-bond donors (Lipinski definition) is 2. The van der Waals surface area contributed by atoms with Gasteiger partial charge >= 0.3 is 0 Å². The summed E-state index contributed by atoms with van der Waals surface area (Å²) in [4.78, 5) is 1.98. The number of nitrogens with zero attached hydrogens (tertiary/aromatic N) is 1. The average Bonchev–Trinajstić information content (AvgIpc) is 2.03. The lowest BCUT2D eigenvalue weighted by Gasteiger charge is -2.35. The molecule has 0 saturated heterocycles. The summed E-state index contributed by atoms with van der Waals surface area (Å²) in [7, 11) is 1.91. The highest BCUT2D eigenvalue weighted by Gasteiger charge is 2.26. The van der Waals surface area contributed by atoms with Crippen molar-refractivity contribution < 1.29 is 10.2 Å². The van der Waals surface area contributed by atoms with Crippen LogP contribution in [0.25, 0.3) is 0 Å². The van der Waals surface area contributed by atoms with Crippen LogP contribution in [0.3, 0.4) is 0 Å². The highest BCUT2D eigenvalue weighted by Crippen LogP contribution is 2.11. The van der Waals surface area contributed by atoms with Gasteiger partial charge in [-0.3, -0.25) is 4.90 Å². The Morgan fingerprint density at radius 3 is 2.00 bits per heavy atom. The highest BCUT2D eigenvalue weighted by molar-refractivity contribution is 4.82. The van der Waals surface area contributed by atoms with Crippen molar-refractivity contribution in [2.24, 2.45) is 0 Å². The molecule has 0 aliphatic rings. The molecule has 0 atom stereocenters. The van der Waals surface area contributed by atoms with Gasteiger partial charge in [0, 0.05) is 0 Å². The Bertz CT molecular complexity index is 102. The van der Waals surface area contributed by atoms with E-state index in [9.17, 15) is 0 Å². The second-order valence-electron chi connectivity index (χ2n) is 3.23. The Kier molecular flexibility index (Phi) is 4.65. The van der Waals surface area contributed by atoms with E-state index in [1.165, 1.54) is 0 Å². The minimum atomic E-state index is -0.462. The fourth-order valence-electron chi connectivity index (χ4n) is 0.897. The number of hydrogen-bond acceptors (Lipinski definition) is 3. The average molecular weight is 161 g/mol. The molecule has 2 N–H and O–H groups in total. The lowest BCUT2D eigenvalue weighted by Crippen LogP contribution is -2.50. The van der Waals surface area contributed by atoms with Crippen molar-refractivity contribution in [2.45, 2.75) is 25.8 Å². The molecular weight excluding hydrogens is 142 g/mol. The van der Waals surface area contributed by atoms with E-state index in [2.05, 4.69) is 6.92 Å². The number of aliphatic hydroxyl groups is 2. The Labute approximate surface area is 68.6 Å². The van der Waals surface area contributed by atoms with E-state index < -0.39 is 5.54 Å². The summed E-state index contributed by atoms with van der Waals surface area (Å²) in [6.45, 7) is 4.83. The first-order valence-electron chi connectivity index (χ1n) is 4.03. The van der Waals surface area contributed by atoms with Crippen LogP contribution in [-0.2, 0) is 0 Å². The Morgan fingerprint density at radius 2 is 1.73 bits per heavy atom. The molecule has 0 aliphatic heterocycles. The predicted molar refractivity (Wildman–Crippen MR) is 45.5 cm³/mol. The molecular formula is C8H19NO2. The molecule has 0 aromatic carbocycles. The molecule has 0 unspecified atom stereocenters. The largest absolute Gasteiger partial charge is 0.394 e. The van der Waals surface area contributed by atoms with Gasteiger partial charge in [0.25, 0.3) is 0 Å². The van der Waals surface area contributed by atoms with E-state index in [1.54, 1.807) is 0 Å². The van der Waals surface area contributed by atoms with Crippen molar-refractivity contribution in [3.63, 3.8) is 0 Å². The summed E-state index contributed by atoms with van der Waals surface area (Å²) < 4.78 is 0. The van der Waals surface area contributed by atoms with E-state index in [-0.39, 0.29) is 13.2 Å². The number of aliphatic hydroxyl groups excluding tert-OH is 2. The van der Waals surface area contributed by atoms with Crippen molar-refractivity contribution >= 4 is 0 Å². The molecule has 0 heterocycles. The van der Waals surface area contributed by atoms with Crippen LogP contribution < -0.4 is 0 Å². The quantitative estimate of drug-likeness (QED) is 0.600. The van der Waals surface area contributed by atoms with E-state index >= 15 is 0 Å². The van der Waals surface area contributed by atoms with Gasteiger partial charge in [0.1, 0.15) is 0 Å². The van der Waals surface area contributed by atoms with Crippen LogP contribution in [0.1, 0.15) is 20.3 Å². The summed E-state index contributed by atoms with van der Waals surface area (Å²) in [6.07, 6.45) is 1.03. The SMILES string of the molecule is CCCN(C)C(C)(CO)CO. The maximum Gasteiger partial charge on any atom is 0.0642 e. The molecule has 0 amide bonds. The van der Waals surface area contributed by atoms with E-state index in [1.807, 2.05) is 18.9 Å². The molecule has 3 nitrogen and oxygen atoms in total. The smallest absolute Gasteiger partial charge is 0.0642 e. The molecule has 0 rings (SSSR count). The van der Waals surface area contributed by atoms with Gasteiger partial charge < -0.3 is 10.2 Å². The molecule has 0 spiro atoms. The standard InChI is InChI=1S/C8H19NO2/c1-4-5-9(3)8(2,6-10)7-11/h10-11H,4-7H2,1-3H3. The lowest BCUT2D eigenvalue weighted by atomic mass is 10.0. The van der Waals surface area contributed by atoms with Gasteiger partial charge in [0.2, 0.25) is 0 Å². The van der Waals surface area contributed by atoms with Gasteiger partial charge in [-0.15, -0.1) is 0 Å². The summed E-state index contributed by atoms with van der Waals surface area (Å²) in [5.74, 6) is 0. The van der Waals surface area contributed by atoms with Crippen molar-refractivity contribution in [3.8, 4) is 0 Å². The zero-order chi connectivity index (χ0) is 8.91. The second kappa shape index (κ2) is 4.70. The van der Waals surface area contributed by atoms with Gasteiger partial charge in [-0.05, 0) is 26.9 Å². The Morgan fingerprint density at radius 1 is 1.27 bits per heavy atom. The maximum absolute atomic E-state index is 8.98.